The molecule has 2 aliphatic rings. The molecule has 3 rings (SSSR count). The number of amides is 2. The summed E-state index contributed by atoms with van der Waals surface area (Å²) in [6.07, 6.45) is 3.01. The number of piperidine rings is 1. The van der Waals surface area contributed by atoms with Crippen molar-refractivity contribution in [2.24, 2.45) is 5.92 Å². The van der Waals surface area contributed by atoms with E-state index in [0.29, 0.717) is 32.7 Å². The number of H-pyrrole nitrogens is 1. The van der Waals surface area contributed by atoms with Crippen LogP contribution in [0.15, 0.2) is 17.1 Å². The Morgan fingerprint density at radius 1 is 1.14 bits per heavy atom. The van der Waals surface area contributed by atoms with Gasteiger partial charge in [0.25, 0.3) is 5.56 Å². The fourth-order valence-electron chi connectivity index (χ4n) is 3.65. The van der Waals surface area contributed by atoms with Gasteiger partial charge in [-0.2, -0.15) is 5.10 Å². The van der Waals surface area contributed by atoms with E-state index in [1.165, 1.54) is 6.07 Å². The maximum absolute atomic E-state index is 13.0. The predicted molar refractivity (Wildman–Crippen MR) is 104 cm³/mol. The van der Waals surface area contributed by atoms with Gasteiger partial charge in [-0.3, -0.25) is 9.59 Å². The standard InChI is InChI=1S/C19H29N5O4/c1-19(2,3)28-18(27)23-9-7-22(8-10-23)17(26)14-5-4-6-24(13-14)15-11-16(25)21-20-12-15/h11-12,14H,4-10,13H2,1-3H3,(H,21,25)/t14-/m1/s1. The Labute approximate surface area is 164 Å². The van der Waals surface area contributed by atoms with E-state index in [9.17, 15) is 14.4 Å². The Balaban J connectivity index is 1.55. The van der Waals surface area contributed by atoms with Crippen LogP contribution >= 0.6 is 0 Å². The van der Waals surface area contributed by atoms with Gasteiger partial charge in [0.1, 0.15) is 5.60 Å². The van der Waals surface area contributed by atoms with E-state index in [0.717, 1.165) is 25.1 Å². The first-order chi connectivity index (χ1) is 13.2. The summed E-state index contributed by atoms with van der Waals surface area (Å²) in [5.74, 6) is 0.00690. The minimum atomic E-state index is -0.524. The summed E-state index contributed by atoms with van der Waals surface area (Å²) >= 11 is 0. The Kier molecular flexibility index (Phi) is 5.90. The number of piperazine rings is 1. The number of carbonyl (C=O) groups excluding carboxylic acids is 2. The van der Waals surface area contributed by atoms with Crippen LogP contribution in [0.1, 0.15) is 33.6 Å². The Bertz CT molecular complexity index is 764. The van der Waals surface area contributed by atoms with Crippen molar-refractivity contribution in [3.8, 4) is 0 Å². The molecule has 1 aromatic rings. The third kappa shape index (κ3) is 5.02. The molecule has 1 aromatic heterocycles. The summed E-state index contributed by atoms with van der Waals surface area (Å²) in [6.45, 7) is 8.91. The lowest BCUT2D eigenvalue weighted by Gasteiger charge is -2.39. The van der Waals surface area contributed by atoms with Crippen molar-refractivity contribution in [1.29, 1.82) is 0 Å². The molecule has 28 heavy (non-hydrogen) atoms. The third-order valence-electron chi connectivity index (χ3n) is 5.03. The summed E-state index contributed by atoms with van der Waals surface area (Å²) in [5.41, 5.74) is -0.0240. The smallest absolute Gasteiger partial charge is 0.410 e. The Morgan fingerprint density at radius 2 is 1.82 bits per heavy atom. The first-order valence-electron chi connectivity index (χ1n) is 9.79. The van der Waals surface area contributed by atoms with Crippen LogP contribution < -0.4 is 10.5 Å². The number of rotatable bonds is 2. The van der Waals surface area contributed by atoms with E-state index < -0.39 is 5.60 Å². The van der Waals surface area contributed by atoms with Crippen molar-refractivity contribution in [2.45, 2.75) is 39.2 Å². The number of ether oxygens (including phenoxy) is 1. The molecule has 0 aliphatic carbocycles. The lowest BCUT2D eigenvalue weighted by molar-refractivity contribution is -0.137. The molecule has 0 bridgehead atoms. The number of hydrogen-bond acceptors (Lipinski definition) is 6. The summed E-state index contributed by atoms with van der Waals surface area (Å²) in [5, 5.41) is 6.22. The van der Waals surface area contributed by atoms with Crippen molar-refractivity contribution < 1.29 is 14.3 Å². The SMILES string of the molecule is CC(C)(C)OC(=O)N1CCN(C(=O)[C@@H]2CCCN(c3cn[nH]c(=O)c3)C2)CC1. The fourth-order valence-corrected chi connectivity index (χ4v) is 3.65. The second kappa shape index (κ2) is 8.20. The molecule has 9 heteroatoms. The number of aromatic nitrogens is 2. The molecule has 2 saturated heterocycles. The zero-order valence-electron chi connectivity index (χ0n) is 16.8. The second-order valence-electron chi connectivity index (χ2n) is 8.38. The lowest BCUT2D eigenvalue weighted by Crippen LogP contribution is -2.54. The monoisotopic (exact) mass is 391 g/mol. The van der Waals surface area contributed by atoms with Gasteiger partial charge in [-0.05, 0) is 33.6 Å². The molecule has 154 valence electrons. The predicted octanol–water partition coefficient (Wildman–Crippen LogP) is 1.07. The van der Waals surface area contributed by atoms with Crippen molar-refractivity contribution in [3.05, 3.63) is 22.6 Å². The number of carbonyl (C=O) groups is 2. The van der Waals surface area contributed by atoms with Gasteiger partial charge < -0.3 is 19.4 Å². The quantitative estimate of drug-likeness (QED) is 0.810. The molecule has 9 nitrogen and oxygen atoms in total. The zero-order valence-corrected chi connectivity index (χ0v) is 16.8. The van der Waals surface area contributed by atoms with Crippen LogP contribution in [0.3, 0.4) is 0 Å². The maximum Gasteiger partial charge on any atom is 0.410 e. The average molecular weight is 391 g/mol. The van der Waals surface area contributed by atoms with E-state index in [1.54, 1.807) is 11.1 Å². The highest BCUT2D eigenvalue weighted by Crippen LogP contribution is 2.24. The van der Waals surface area contributed by atoms with E-state index in [1.807, 2.05) is 30.6 Å². The van der Waals surface area contributed by atoms with Crippen molar-refractivity contribution in [2.75, 3.05) is 44.2 Å². The second-order valence-corrected chi connectivity index (χ2v) is 8.38. The minimum Gasteiger partial charge on any atom is -0.444 e. The minimum absolute atomic E-state index is 0.110. The molecule has 2 amide bonds. The molecule has 0 radical (unpaired) electrons. The highest BCUT2D eigenvalue weighted by Gasteiger charge is 2.33. The molecule has 3 heterocycles. The first-order valence-corrected chi connectivity index (χ1v) is 9.79. The normalized spacial score (nSPS) is 20.8. The highest BCUT2D eigenvalue weighted by molar-refractivity contribution is 5.80. The number of nitrogens with zero attached hydrogens (tertiary/aromatic N) is 4. The third-order valence-corrected chi connectivity index (χ3v) is 5.03. The molecule has 0 aromatic carbocycles. The van der Waals surface area contributed by atoms with Gasteiger partial charge in [-0.1, -0.05) is 0 Å². The maximum atomic E-state index is 13.0. The molecule has 0 saturated carbocycles. The van der Waals surface area contributed by atoms with Gasteiger partial charge in [0.05, 0.1) is 17.8 Å². The topological polar surface area (TPSA) is 98.8 Å². The number of hydrogen-bond donors (Lipinski definition) is 1. The van der Waals surface area contributed by atoms with Crippen LogP contribution in [-0.4, -0.2) is 76.9 Å². The average Bonchev–Trinajstić information content (AvgIpc) is 2.66. The van der Waals surface area contributed by atoms with Crippen molar-refractivity contribution >= 4 is 17.7 Å². The Hall–Kier alpha value is -2.58. The molecular weight excluding hydrogens is 362 g/mol. The van der Waals surface area contributed by atoms with Crippen LogP contribution in [0.4, 0.5) is 10.5 Å². The van der Waals surface area contributed by atoms with Gasteiger partial charge in [0.15, 0.2) is 0 Å². The summed E-state index contributed by atoms with van der Waals surface area (Å²) in [4.78, 5) is 42.2. The van der Waals surface area contributed by atoms with Crippen LogP contribution in [0, 0.1) is 5.92 Å². The van der Waals surface area contributed by atoms with Crippen molar-refractivity contribution in [1.82, 2.24) is 20.0 Å². The summed E-state index contributed by atoms with van der Waals surface area (Å²) in [6, 6.07) is 1.51. The number of anilines is 1. The Morgan fingerprint density at radius 3 is 2.46 bits per heavy atom. The summed E-state index contributed by atoms with van der Waals surface area (Å²) < 4.78 is 5.40. The van der Waals surface area contributed by atoms with Gasteiger partial charge in [0, 0.05) is 45.3 Å². The summed E-state index contributed by atoms with van der Waals surface area (Å²) in [7, 11) is 0. The lowest BCUT2D eigenvalue weighted by atomic mass is 9.96. The van der Waals surface area contributed by atoms with E-state index in [4.69, 9.17) is 4.74 Å². The zero-order chi connectivity index (χ0) is 20.3. The fraction of sp³-hybridized carbons (Fsp3) is 0.684. The van der Waals surface area contributed by atoms with Crippen LogP contribution in [0.2, 0.25) is 0 Å². The van der Waals surface area contributed by atoms with E-state index in [-0.39, 0.29) is 23.5 Å². The highest BCUT2D eigenvalue weighted by atomic mass is 16.6. The van der Waals surface area contributed by atoms with Gasteiger partial charge >= 0.3 is 6.09 Å². The molecule has 2 aliphatic heterocycles. The molecule has 2 fully saturated rings. The molecule has 1 atom stereocenters. The van der Waals surface area contributed by atoms with Gasteiger partial charge in [-0.25, -0.2) is 9.89 Å². The van der Waals surface area contributed by atoms with Gasteiger partial charge in [-0.15, -0.1) is 0 Å². The van der Waals surface area contributed by atoms with Crippen LogP contribution in [-0.2, 0) is 9.53 Å². The number of nitrogens with one attached hydrogen (secondary N) is 1. The van der Waals surface area contributed by atoms with Crippen LogP contribution in [0.5, 0.6) is 0 Å². The van der Waals surface area contributed by atoms with Gasteiger partial charge in [0.2, 0.25) is 5.91 Å². The number of aromatic amines is 1. The molecule has 0 unspecified atom stereocenters. The van der Waals surface area contributed by atoms with Crippen molar-refractivity contribution in [3.63, 3.8) is 0 Å². The largest absolute Gasteiger partial charge is 0.444 e. The van der Waals surface area contributed by atoms with Crippen LogP contribution in [0.25, 0.3) is 0 Å². The van der Waals surface area contributed by atoms with E-state index >= 15 is 0 Å². The molecule has 1 N–H and O–H groups in total. The first kappa shape index (κ1) is 20.2. The molecule has 0 spiro atoms. The van der Waals surface area contributed by atoms with E-state index in [2.05, 4.69) is 10.2 Å². The molecular formula is C19H29N5O4.